The maximum atomic E-state index is 13.0. The van der Waals surface area contributed by atoms with Crippen LogP contribution in [0.1, 0.15) is 27.9 Å². The number of phenols is 1. The van der Waals surface area contributed by atoms with Crippen LogP contribution in [0, 0.1) is 5.92 Å². The molecule has 172 valence electrons. The number of phenolic OH excluding ortho intramolecular Hbond substituents is 1. The molecule has 0 saturated heterocycles. The molecular weight excluding hydrogens is 448 g/mol. The highest BCUT2D eigenvalue weighted by Gasteiger charge is 2.23. The van der Waals surface area contributed by atoms with E-state index in [1.165, 1.54) is 19.2 Å². The third kappa shape index (κ3) is 5.50. The van der Waals surface area contributed by atoms with Crippen molar-refractivity contribution in [1.82, 2.24) is 5.43 Å². The second kappa shape index (κ2) is 10.8. The summed E-state index contributed by atoms with van der Waals surface area (Å²) in [5.41, 5.74) is 4.79. The van der Waals surface area contributed by atoms with Crippen molar-refractivity contribution < 1.29 is 19.4 Å². The van der Waals surface area contributed by atoms with E-state index in [-0.39, 0.29) is 29.6 Å². The number of thiophene rings is 1. The number of nitrogens with zero attached hydrogens (tertiary/aromatic N) is 1. The fourth-order valence-corrected chi connectivity index (χ4v) is 4.63. The minimum Gasteiger partial charge on any atom is -0.504 e. The molecule has 3 aromatic carbocycles. The fraction of sp³-hybridized carbons (Fsp3) is 0.148. The first-order valence-corrected chi connectivity index (χ1v) is 11.7. The van der Waals surface area contributed by atoms with E-state index in [9.17, 15) is 14.7 Å². The Labute approximate surface area is 201 Å². The predicted molar refractivity (Wildman–Crippen MR) is 135 cm³/mol. The number of hydrazone groups is 1. The number of benzene rings is 3. The van der Waals surface area contributed by atoms with Crippen LogP contribution in [0.2, 0.25) is 0 Å². The minimum absolute atomic E-state index is 0.0244. The molecule has 0 unspecified atom stereocenters. The zero-order valence-corrected chi connectivity index (χ0v) is 19.4. The molecule has 4 rings (SSSR count). The molecule has 0 aliphatic rings. The number of fused-ring (bicyclic) bond motifs is 1. The number of aromatic hydroxyl groups is 1. The zero-order valence-electron chi connectivity index (χ0n) is 18.6. The van der Waals surface area contributed by atoms with E-state index in [1.807, 2.05) is 60.0 Å². The third-order valence-electron chi connectivity index (χ3n) is 5.52. The first-order valence-electron chi connectivity index (χ1n) is 10.8. The van der Waals surface area contributed by atoms with Gasteiger partial charge in [0.25, 0.3) is 0 Å². The van der Waals surface area contributed by atoms with Crippen LogP contribution in [0.3, 0.4) is 0 Å². The van der Waals surface area contributed by atoms with Crippen molar-refractivity contribution in [2.75, 3.05) is 7.11 Å². The van der Waals surface area contributed by atoms with Crippen LogP contribution in [-0.2, 0) is 11.2 Å². The van der Waals surface area contributed by atoms with Gasteiger partial charge in [-0.25, -0.2) is 5.43 Å². The molecule has 1 amide bonds. The Balaban J connectivity index is 1.49. The van der Waals surface area contributed by atoms with Crippen LogP contribution in [0.4, 0.5) is 0 Å². The number of methoxy groups -OCH3 is 1. The first kappa shape index (κ1) is 23.2. The smallest absolute Gasteiger partial charge is 0.243 e. The SMILES string of the molecule is COc1ccc(C(=O)C[C@@H](Cc2ccccc2)C(=O)N/N=C/c2csc3ccccc23)cc1O. The highest BCUT2D eigenvalue weighted by molar-refractivity contribution is 7.17. The summed E-state index contributed by atoms with van der Waals surface area (Å²) in [6.45, 7) is 0. The molecule has 1 aromatic heterocycles. The molecule has 0 radical (unpaired) electrons. The summed E-state index contributed by atoms with van der Waals surface area (Å²) in [6, 6.07) is 22.0. The monoisotopic (exact) mass is 472 g/mol. The average Bonchev–Trinajstić information content (AvgIpc) is 3.27. The molecule has 6 nitrogen and oxygen atoms in total. The summed E-state index contributed by atoms with van der Waals surface area (Å²) >= 11 is 1.61. The molecule has 0 bridgehead atoms. The largest absolute Gasteiger partial charge is 0.504 e. The number of ketones is 1. The first-order chi connectivity index (χ1) is 16.5. The summed E-state index contributed by atoms with van der Waals surface area (Å²) in [6.07, 6.45) is 1.99. The molecule has 1 heterocycles. The van der Waals surface area contributed by atoms with E-state index >= 15 is 0 Å². The Kier molecular flexibility index (Phi) is 7.34. The molecule has 7 heteroatoms. The number of Topliss-reactive ketones (excluding diaryl/α,β-unsaturated/α-hetero) is 1. The molecule has 0 aliphatic carbocycles. The number of hydrogen-bond donors (Lipinski definition) is 2. The van der Waals surface area contributed by atoms with Gasteiger partial charge in [0.15, 0.2) is 17.3 Å². The number of amides is 1. The summed E-state index contributed by atoms with van der Waals surface area (Å²) < 4.78 is 6.18. The van der Waals surface area contributed by atoms with Crippen molar-refractivity contribution in [3.8, 4) is 11.5 Å². The molecule has 1 atom stereocenters. The van der Waals surface area contributed by atoms with Gasteiger partial charge in [-0.1, -0.05) is 48.5 Å². The van der Waals surface area contributed by atoms with Crippen molar-refractivity contribution in [3.05, 3.63) is 94.9 Å². The molecule has 34 heavy (non-hydrogen) atoms. The number of ether oxygens (including phenoxy) is 1. The number of carbonyl (C=O) groups excluding carboxylic acids is 2. The van der Waals surface area contributed by atoms with Crippen LogP contribution < -0.4 is 10.2 Å². The lowest BCUT2D eigenvalue weighted by molar-refractivity contribution is -0.124. The van der Waals surface area contributed by atoms with Gasteiger partial charge in [-0.2, -0.15) is 5.10 Å². The van der Waals surface area contributed by atoms with E-state index in [0.717, 1.165) is 21.2 Å². The van der Waals surface area contributed by atoms with Gasteiger partial charge in [-0.05, 0) is 36.2 Å². The summed E-state index contributed by atoms with van der Waals surface area (Å²) in [5, 5.41) is 17.2. The minimum atomic E-state index is -0.629. The van der Waals surface area contributed by atoms with Crippen LogP contribution in [0.15, 0.2) is 83.3 Å². The van der Waals surface area contributed by atoms with Gasteiger partial charge >= 0.3 is 0 Å². The lowest BCUT2D eigenvalue weighted by atomic mass is 9.91. The summed E-state index contributed by atoms with van der Waals surface area (Å²) in [7, 11) is 1.44. The second-order valence-electron chi connectivity index (χ2n) is 7.82. The summed E-state index contributed by atoms with van der Waals surface area (Å²) in [4.78, 5) is 26.0. The quantitative estimate of drug-likeness (QED) is 0.199. The fourth-order valence-electron chi connectivity index (χ4n) is 3.72. The normalized spacial score (nSPS) is 12.0. The van der Waals surface area contributed by atoms with E-state index in [0.29, 0.717) is 12.0 Å². The Bertz CT molecular complexity index is 1330. The third-order valence-corrected chi connectivity index (χ3v) is 6.50. The van der Waals surface area contributed by atoms with E-state index in [2.05, 4.69) is 10.5 Å². The van der Waals surface area contributed by atoms with Crippen LogP contribution in [-0.4, -0.2) is 30.1 Å². The summed E-state index contributed by atoms with van der Waals surface area (Å²) in [5.74, 6) is -1.06. The van der Waals surface area contributed by atoms with Crippen molar-refractivity contribution in [2.24, 2.45) is 11.0 Å². The number of carbonyl (C=O) groups is 2. The predicted octanol–water partition coefficient (Wildman–Crippen LogP) is 5.20. The van der Waals surface area contributed by atoms with Crippen LogP contribution in [0.25, 0.3) is 10.1 Å². The molecule has 4 aromatic rings. The molecule has 0 aliphatic heterocycles. The van der Waals surface area contributed by atoms with Gasteiger partial charge in [-0.3, -0.25) is 9.59 Å². The van der Waals surface area contributed by atoms with E-state index in [4.69, 9.17) is 4.74 Å². The highest BCUT2D eigenvalue weighted by atomic mass is 32.1. The lowest BCUT2D eigenvalue weighted by Gasteiger charge is -2.15. The molecule has 2 N–H and O–H groups in total. The zero-order chi connectivity index (χ0) is 23.9. The van der Waals surface area contributed by atoms with Crippen molar-refractivity contribution >= 4 is 39.3 Å². The Hall–Kier alpha value is -3.97. The van der Waals surface area contributed by atoms with Crippen molar-refractivity contribution in [2.45, 2.75) is 12.8 Å². The number of rotatable bonds is 9. The van der Waals surface area contributed by atoms with Gasteiger partial charge in [-0.15, -0.1) is 11.3 Å². The maximum Gasteiger partial charge on any atom is 0.243 e. The molecule has 0 spiro atoms. The van der Waals surface area contributed by atoms with Gasteiger partial charge in [0.2, 0.25) is 5.91 Å². The number of nitrogens with one attached hydrogen (secondary N) is 1. The Morgan fingerprint density at radius 1 is 1.09 bits per heavy atom. The van der Waals surface area contributed by atoms with Crippen LogP contribution >= 0.6 is 11.3 Å². The Morgan fingerprint density at radius 3 is 2.62 bits per heavy atom. The van der Waals surface area contributed by atoms with Gasteiger partial charge in [0, 0.05) is 33.0 Å². The topological polar surface area (TPSA) is 88.0 Å². The standard InChI is InChI=1S/C27H24N2O4S/c1-33-25-12-11-19(14-24(25)31)23(30)15-20(13-18-7-3-2-4-8-18)27(32)29-28-16-21-17-34-26-10-6-5-9-22(21)26/h2-12,14,16-17,20,31H,13,15H2,1H3,(H,29,32)/b28-16+/t20-/m1/s1. The average molecular weight is 473 g/mol. The maximum absolute atomic E-state index is 13.0. The highest BCUT2D eigenvalue weighted by Crippen LogP contribution is 2.28. The van der Waals surface area contributed by atoms with Crippen molar-refractivity contribution in [3.63, 3.8) is 0 Å². The lowest BCUT2D eigenvalue weighted by Crippen LogP contribution is -2.30. The van der Waals surface area contributed by atoms with Crippen LogP contribution in [0.5, 0.6) is 11.5 Å². The molecule has 0 fully saturated rings. The van der Waals surface area contributed by atoms with Gasteiger partial charge < -0.3 is 9.84 Å². The van der Waals surface area contributed by atoms with Gasteiger partial charge in [0.1, 0.15) is 0 Å². The van der Waals surface area contributed by atoms with E-state index in [1.54, 1.807) is 23.6 Å². The Morgan fingerprint density at radius 2 is 1.85 bits per heavy atom. The van der Waals surface area contributed by atoms with Gasteiger partial charge in [0.05, 0.1) is 19.2 Å². The van der Waals surface area contributed by atoms with E-state index < -0.39 is 5.92 Å². The second-order valence-corrected chi connectivity index (χ2v) is 8.73. The number of hydrogen-bond acceptors (Lipinski definition) is 6. The molecule has 0 saturated carbocycles. The molecular formula is C27H24N2O4S. The van der Waals surface area contributed by atoms with Crippen molar-refractivity contribution in [1.29, 1.82) is 0 Å².